The van der Waals surface area contributed by atoms with E-state index in [1.807, 2.05) is 16.8 Å². The Hall–Kier alpha value is -0.870. The van der Waals surface area contributed by atoms with Crippen molar-refractivity contribution < 1.29 is 0 Å². The number of thiazole rings is 1. The molecule has 0 radical (unpaired) electrons. The maximum absolute atomic E-state index is 5.49. The minimum atomic E-state index is 0.608. The quantitative estimate of drug-likeness (QED) is 0.735. The van der Waals surface area contributed by atoms with Gasteiger partial charge in [0.1, 0.15) is 10.8 Å². The number of nitrogens with zero attached hydrogens (tertiary/aromatic N) is 1. The van der Waals surface area contributed by atoms with Crippen LogP contribution in [0.2, 0.25) is 0 Å². The van der Waals surface area contributed by atoms with Gasteiger partial charge < -0.3 is 5.73 Å². The molecule has 0 aliphatic heterocycles. The monoisotopic (exact) mass is 182 g/mol. The molecular weight excluding hydrogens is 176 g/mol. The average Bonchev–Trinajstić information content (AvgIpc) is 2.55. The molecule has 0 atom stereocenters. The first-order chi connectivity index (χ1) is 5.36. The van der Waals surface area contributed by atoms with Gasteiger partial charge in [-0.05, 0) is 11.4 Å². The summed E-state index contributed by atoms with van der Waals surface area (Å²) in [6, 6.07) is 2.04. The van der Waals surface area contributed by atoms with Crippen molar-refractivity contribution in [2.24, 2.45) is 0 Å². The minimum Gasteiger partial charge on any atom is -0.383 e. The van der Waals surface area contributed by atoms with Crippen molar-refractivity contribution in [1.29, 1.82) is 0 Å². The zero-order valence-electron chi connectivity index (χ0n) is 5.65. The number of anilines is 1. The van der Waals surface area contributed by atoms with Crippen LogP contribution in [-0.4, -0.2) is 4.98 Å². The van der Waals surface area contributed by atoms with Crippen LogP contribution in [0.3, 0.4) is 0 Å². The summed E-state index contributed by atoms with van der Waals surface area (Å²) < 4.78 is 0. The summed E-state index contributed by atoms with van der Waals surface area (Å²) >= 11 is 3.25. The fourth-order valence-corrected chi connectivity index (χ4v) is 2.23. The molecule has 2 nitrogen and oxygen atoms in total. The number of rotatable bonds is 1. The molecule has 0 aliphatic rings. The van der Waals surface area contributed by atoms with Gasteiger partial charge in [-0.1, -0.05) is 0 Å². The predicted molar refractivity (Wildman–Crippen MR) is 49.8 cm³/mol. The number of hydrogen-bond acceptors (Lipinski definition) is 4. The molecule has 2 aromatic rings. The molecule has 0 fully saturated rings. The van der Waals surface area contributed by atoms with E-state index >= 15 is 0 Å². The molecular formula is C7H6N2S2. The third-order valence-electron chi connectivity index (χ3n) is 1.29. The fraction of sp³-hybridized carbons (Fsp3) is 0. The lowest BCUT2D eigenvalue weighted by atomic mass is 10.4. The highest BCUT2D eigenvalue weighted by Gasteiger charge is 2.01. The number of thiophene rings is 1. The van der Waals surface area contributed by atoms with Crippen molar-refractivity contribution in [3.63, 3.8) is 0 Å². The van der Waals surface area contributed by atoms with E-state index in [1.165, 1.54) is 0 Å². The van der Waals surface area contributed by atoms with Crippen LogP contribution in [0, 0.1) is 0 Å². The van der Waals surface area contributed by atoms with Crippen LogP contribution < -0.4 is 5.73 Å². The Morgan fingerprint density at radius 1 is 1.36 bits per heavy atom. The van der Waals surface area contributed by atoms with E-state index < -0.39 is 0 Å². The lowest BCUT2D eigenvalue weighted by molar-refractivity contribution is 1.42. The van der Waals surface area contributed by atoms with Crippen LogP contribution in [0.5, 0.6) is 0 Å². The first-order valence-corrected chi connectivity index (χ1v) is 4.92. The fourth-order valence-electron chi connectivity index (χ4n) is 0.805. The molecule has 0 saturated carbocycles. The molecule has 0 aromatic carbocycles. The Bertz CT molecular complexity index is 337. The number of nitrogen functional groups attached to an aromatic ring is 1. The third kappa shape index (κ3) is 1.27. The maximum Gasteiger partial charge on any atom is 0.135 e. The largest absolute Gasteiger partial charge is 0.383 e. The second kappa shape index (κ2) is 2.64. The number of nitrogens with two attached hydrogens (primary N) is 1. The van der Waals surface area contributed by atoms with Crippen LogP contribution in [0.1, 0.15) is 0 Å². The van der Waals surface area contributed by atoms with Crippen LogP contribution in [0.15, 0.2) is 22.2 Å². The minimum absolute atomic E-state index is 0.608. The van der Waals surface area contributed by atoms with Crippen LogP contribution in [0.25, 0.3) is 10.6 Å². The van der Waals surface area contributed by atoms with Gasteiger partial charge in [-0.2, -0.15) is 11.3 Å². The van der Waals surface area contributed by atoms with E-state index in [4.69, 9.17) is 5.73 Å². The van der Waals surface area contributed by atoms with Gasteiger partial charge in [-0.25, -0.2) is 4.98 Å². The molecule has 2 N–H and O–H groups in total. The summed E-state index contributed by atoms with van der Waals surface area (Å²) in [5.41, 5.74) is 6.65. The van der Waals surface area contributed by atoms with Gasteiger partial charge >= 0.3 is 0 Å². The Kier molecular flexibility index (Phi) is 1.63. The van der Waals surface area contributed by atoms with E-state index in [2.05, 4.69) is 10.4 Å². The van der Waals surface area contributed by atoms with Crippen molar-refractivity contribution in [2.45, 2.75) is 0 Å². The first-order valence-electron chi connectivity index (χ1n) is 3.10. The molecule has 0 saturated heterocycles. The molecule has 0 aliphatic carbocycles. The molecule has 0 amide bonds. The summed E-state index contributed by atoms with van der Waals surface area (Å²) in [6.45, 7) is 0. The first kappa shape index (κ1) is 6.82. The van der Waals surface area contributed by atoms with Crippen LogP contribution >= 0.6 is 22.7 Å². The smallest absolute Gasteiger partial charge is 0.135 e. The zero-order chi connectivity index (χ0) is 7.68. The van der Waals surface area contributed by atoms with Crippen LogP contribution in [0.4, 0.5) is 5.82 Å². The van der Waals surface area contributed by atoms with E-state index in [0.717, 1.165) is 10.6 Å². The van der Waals surface area contributed by atoms with Gasteiger partial charge in [-0.15, -0.1) is 11.3 Å². The van der Waals surface area contributed by atoms with Crippen molar-refractivity contribution >= 4 is 28.5 Å². The van der Waals surface area contributed by atoms with Gasteiger partial charge in [0.05, 0.1) is 0 Å². The molecule has 2 rings (SSSR count). The second-order valence-corrected chi connectivity index (χ2v) is 3.73. The molecule has 56 valence electrons. The zero-order valence-corrected chi connectivity index (χ0v) is 7.28. The van der Waals surface area contributed by atoms with E-state index in [9.17, 15) is 0 Å². The molecule has 0 bridgehead atoms. The van der Waals surface area contributed by atoms with E-state index in [1.54, 1.807) is 22.7 Å². The van der Waals surface area contributed by atoms with Crippen molar-refractivity contribution in [1.82, 2.24) is 4.98 Å². The van der Waals surface area contributed by atoms with Gasteiger partial charge in [0, 0.05) is 16.3 Å². The van der Waals surface area contributed by atoms with Gasteiger partial charge in [-0.3, -0.25) is 0 Å². The highest BCUT2D eigenvalue weighted by molar-refractivity contribution is 7.14. The normalized spacial score (nSPS) is 10.2. The maximum atomic E-state index is 5.49. The molecule has 2 heterocycles. The number of aromatic nitrogens is 1. The lowest BCUT2D eigenvalue weighted by Crippen LogP contribution is -1.82. The van der Waals surface area contributed by atoms with Gasteiger partial charge in [0.25, 0.3) is 0 Å². The summed E-state index contributed by atoms with van der Waals surface area (Å²) in [5.74, 6) is 0.608. The highest BCUT2D eigenvalue weighted by atomic mass is 32.1. The van der Waals surface area contributed by atoms with Gasteiger partial charge in [0.2, 0.25) is 0 Å². The van der Waals surface area contributed by atoms with E-state index in [-0.39, 0.29) is 0 Å². The average molecular weight is 182 g/mol. The standard InChI is InChI=1S/C7H6N2S2/c8-6-4-11-7(9-6)5-1-2-10-3-5/h1-4H,8H2. The highest BCUT2D eigenvalue weighted by Crippen LogP contribution is 2.25. The van der Waals surface area contributed by atoms with Crippen molar-refractivity contribution in [2.75, 3.05) is 5.73 Å². The Morgan fingerprint density at radius 3 is 2.82 bits per heavy atom. The van der Waals surface area contributed by atoms with Crippen molar-refractivity contribution in [3.05, 3.63) is 22.2 Å². The molecule has 0 unspecified atom stereocenters. The summed E-state index contributed by atoms with van der Waals surface area (Å²) in [5, 5.41) is 6.96. The van der Waals surface area contributed by atoms with Crippen LogP contribution in [-0.2, 0) is 0 Å². The Labute approximate surface area is 72.3 Å². The van der Waals surface area contributed by atoms with Gasteiger partial charge in [0.15, 0.2) is 0 Å². The SMILES string of the molecule is Nc1csc(-c2ccsc2)n1. The summed E-state index contributed by atoms with van der Waals surface area (Å²) in [7, 11) is 0. The predicted octanol–water partition coefficient (Wildman–Crippen LogP) is 2.45. The Morgan fingerprint density at radius 2 is 2.27 bits per heavy atom. The number of hydrogen-bond donors (Lipinski definition) is 1. The summed E-state index contributed by atoms with van der Waals surface area (Å²) in [6.07, 6.45) is 0. The molecule has 0 spiro atoms. The third-order valence-corrected chi connectivity index (χ3v) is 2.88. The van der Waals surface area contributed by atoms with E-state index in [0.29, 0.717) is 5.82 Å². The molecule has 2 aromatic heterocycles. The lowest BCUT2D eigenvalue weighted by Gasteiger charge is -1.84. The molecule has 4 heteroatoms. The Balaban J connectivity index is 2.45. The molecule has 11 heavy (non-hydrogen) atoms. The topological polar surface area (TPSA) is 38.9 Å². The summed E-state index contributed by atoms with van der Waals surface area (Å²) in [4.78, 5) is 4.16. The van der Waals surface area contributed by atoms with Crippen molar-refractivity contribution in [3.8, 4) is 10.6 Å². The second-order valence-electron chi connectivity index (χ2n) is 2.09.